The molecule has 0 aromatic heterocycles. The van der Waals surface area contributed by atoms with Gasteiger partial charge in [-0.15, -0.1) is 0 Å². The van der Waals surface area contributed by atoms with Gasteiger partial charge >= 0.3 is 0 Å². The van der Waals surface area contributed by atoms with Crippen LogP contribution in [0.2, 0.25) is 0 Å². The average molecular weight is 244 g/mol. The topological polar surface area (TPSA) is 33.7 Å². The standard InChI is InChI=1S/C13H28N2O2/c1-3-14-13-5-8-15(9-6-13)7-4-10-17-12-11-16-2/h13-14H,3-12H2,1-2H3. The van der Waals surface area contributed by atoms with Crippen molar-refractivity contribution in [2.45, 2.75) is 32.2 Å². The molecule has 1 saturated heterocycles. The van der Waals surface area contributed by atoms with Gasteiger partial charge in [-0.2, -0.15) is 0 Å². The molecule has 1 rings (SSSR count). The van der Waals surface area contributed by atoms with Crippen LogP contribution in [0.15, 0.2) is 0 Å². The van der Waals surface area contributed by atoms with Gasteiger partial charge in [0, 0.05) is 26.3 Å². The maximum atomic E-state index is 5.46. The van der Waals surface area contributed by atoms with Gasteiger partial charge in [0.15, 0.2) is 0 Å². The van der Waals surface area contributed by atoms with Gasteiger partial charge in [0.2, 0.25) is 0 Å². The molecule has 0 atom stereocenters. The molecule has 0 aliphatic carbocycles. The van der Waals surface area contributed by atoms with E-state index in [-0.39, 0.29) is 0 Å². The molecule has 102 valence electrons. The average Bonchev–Trinajstić information content (AvgIpc) is 2.36. The van der Waals surface area contributed by atoms with Crippen LogP contribution in [0.3, 0.4) is 0 Å². The lowest BCUT2D eigenvalue weighted by molar-refractivity contribution is 0.0636. The van der Waals surface area contributed by atoms with Crippen molar-refractivity contribution in [1.29, 1.82) is 0 Å². The molecule has 0 spiro atoms. The number of likely N-dealkylation sites (tertiary alicyclic amines) is 1. The molecule has 0 radical (unpaired) electrons. The van der Waals surface area contributed by atoms with Crippen molar-refractivity contribution in [3.8, 4) is 0 Å². The lowest BCUT2D eigenvalue weighted by atomic mass is 10.1. The largest absolute Gasteiger partial charge is 0.382 e. The summed E-state index contributed by atoms with van der Waals surface area (Å²) in [6.45, 7) is 9.20. The van der Waals surface area contributed by atoms with Crippen LogP contribution in [-0.4, -0.2) is 64.1 Å². The molecule has 0 aromatic rings. The molecule has 1 aliphatic rings. The fourth-order valence-electron chi connectivity index (χ4n) is 2.28. The Morgan fingerprint density at radius 2 is 1.94 bits per heavy atom. The molecule has 4 heteroatoms. The first-order valence-electron chi connectivity index (χ1n) is 6.89. The molecule has 0 saturated carbocycles. The molecular formula is C13H28N2O2. The molecule has 4 nitrogen and oxygen atoms in total. The van der Waals surface area contributed by atoms with E-state index in [1.54, 1.807) is 7.11 Å². The van der Waals surface area contributed by atoms with Crippen molar-refractivity contribution in [3.63, 3.8) is 0 Å². The van der Waals surface area contributed by atoms with Crippen molar-refractivity contribution >= 4 is 0 Å². The highest BCUT2D eigenvalue weighted by Crippen LogP contribution is 2.10. The van der Waals surface area contributed by atoms with Gasteiger partial charge in [0.1, 0.15) is 0 Å². The monoisotopic (exact) mass is 244 g/mol. The third kappa shape index (κ3) is 6.99. The molecule has 1 aliphatic heterocycles. The predicted octanol–water partition coefficient (Wildman–Crippen LogP) is 1.11. The highest BCUT2D eigenvalue weighted by atomic mass is 16.5. The quantitative estimate of drug-likeness (QED) is 0.616. The first-order valence-corrected chi connectivity index (χ1v) is 6.89. The fourth-order valence-corrected chi connectivity index (χ4v) is 2.28. The highest BCUT2D eigenvalue weighted by molar-refractivity contribution is 4.76. The number of methoxy groups -OCH3 is 1. The number of rotatable bonds is 9. The van der Waals surface area contributed by atoms with Crippen molar-refractivity contribution in [3.05, 3.63) is 0 Å². The minimum atomic E-state index is 0.702. The maximum Gasteiger partial charge on any atom is 0.0700 e. The summed E-state index contributed by atoms with van der Waals surface area (Å²) in [7, 11) is 1.71. The number of hydrogen-bond donors (Lipinski definition) is 1. The van der Waals surface area contributed by atoms with E-state index in [1.165, 1.54) is 32.5 Å². The Hall–Kier alpha value is -0.160. The minimum absolute atomic E-state index is 0.702. The zero-order valence-electron chi connectivity index (χ0n) is 11.4. The van der Waals surface area contributed by atoms with Gasteiger partial charge in [0.05, 0.1) is 13.2 Å². The van der Waals surface area contributed by atoms with Crippen molar-refractivity contribution in [1.82, 2.24) is 10.2 Å². The molecule has 1 fully saturated rings. The predicted molar refractivity (Wildman–Crippen MR) is 70.5 cm³/mol. The van der Waals surface area contributed by atoms with E-state index in [9.17, 15) is 0 Å². The number of ether oxygens (including phenoxy) is 2. The number of nitrogens with one attached hydrogen (secondary N) is 1. The first-order chi connectivity index (χ1) is 8.36. The Morgan fingerprint density at radius 3 is 2.59 bits per heavy atom. The number of piperidine rings is 1. The zero-order valence-corrected chi connectivity index (χ0v) is 11.4. The lowest BCUT2D eigenvalue weighted by Gasteiger charge is -2.32. The molecular weight excluding hydrogens is 216 g/mol. The van der Waals surface area contributed by atoms with E-state index >= 15 is 0 Å². The Labute approximate surface area is 106 Å². The van der Waals surface area contributed by atoms with Crippen molar-refractivity contribution in [2.24, 2.45) is 0 Å². The highest BCUT2D eigenvalue weighted by Gasteiger charge is 2.17. The summed E-state index contributed by atoms with van der Waals surface area (Å²) in [4.78, 5) is 2.55. The van der Waals surface area contributed by atoms with E-state index in [0.717, 1.165) is 32.2 Å². The van der Waals surface area contributed by atoms with Crippen LogP contribution in [0.5, 0.6) is 0 Å². The summed E-state index contributed by atoms with van der Waals surface area (Å²) in [5.41, 5.74) is 0. The molecule has 1 heterocycles. The third-order valence-electron chi connectivity index (χ3n) is 3.28. The molecule has 0 aromatic carbocycles. The van der Waals surface area contributed by atoms with Gasteiger partial charge < -0.3 is 19.7 Å². The fraction of sp³-hybridized carbons (Fsp3) is 1.00. The first kappa shape index (κ1) is 14.9. The normalized spacial score (nSPS) is 18.7. The molecule has 0 bridgehead atoms. The van der Waals surface area contributed by atoms with Gasteiger partial charge in [-0.1, -0.05) is 6.92 Å². The molecule has 0 amide bonds. The smallest absolute Gasteiger partial charge is 0.0700 e. The molecule has 1 N–H and O–H groups in total. The van der Waals surface area contributed by atoms with Gasteiger partial charge in [-0.05, 0) is 38.9 Å². The van der Waals surface area contributed by atoms with E-state index in [1.807, 2.05) is 0 Å². The molecule has 17 heavy (non-hydrogen) atoms. The van der Waals surface area contributed by atoms with Crippen LogP contribution in [0, 0.1) is 0 Å². The SMILES string of the molecule is CCNC1CCN(CCCOCCOC)CC1. The van der Waals surface area contributed by atoms with E-state index in [4.69, 9.17) is 9.47 Å². The minimum Gasteiger partial charge on any atom is -0.382 e. The number of hydrogen-bond acceptors (Lipinski definition) is 4. The van der Waals surface area contributed by atoms with E-state index < -0.39 is 0 Å². The number of nitrogens with zero attached hydrogens (tertiary/aromatic N) is 1. The van der Waals surface area contributed by atoms with E-state index in [2.05, 4.69) is 17.1 Å². The van der Waals surface area contributed by atoms with E-state index in [0.29, 0.717) is 6.61 Å². The zero-order chi connectivity index (χ0) is 12.3. The van der Waals surface area contributed by atoms with Crippen LogP contribution in [0.1, 0.15) is 26.2 Å². The Morgan fingerprint density at radius 1 is 1.18 bits per heavy atom. The second kappa shape index (κ2) is 9.83. The van der Waals surface area contributed by atoms with Crippen LogP contribution in [-0.2, 0) is 9.47 Å². The maximum absolute atomic E-state index is 5.46. The van der Waals surface area contributed by atoms with Crippen LogP contribution < -0.4 is 5.32 Å². The molecule has 0 unspecified atom stereocenters. The summed E-state index contributed by atoms with van der Waals surface area (Å²) in [6, 6.07) is 0.745. The lowest BCUT2D eigenvalue weighted by Crippen LogP contribution is -2.42. The summed E-state index contributed by atoms with van der Waals surface area (Å²) >= 11 is 0. The Bertz CT molecular complexity index is 171. The summed E-state index contributed by atoms with van der Waals surface area (Å²) in [6.07, 6.45) is 3.71. The summed E-state index contributed by atoms with van der Waals surface area (Å²) < 4.78 is 10.4. The second-order valence-electron chi connectivity index (χ2n) is 4.63. The van der Waals surface area contributed by atoms with Crippen LogP contribution in [0.4, 0.5) is 0 Å². The van der Waals surface area contributed by atoms with Crippen molar-refractivity contribution in [2.75, 3.05) is 53.1 Å². The van der Waals surface area contributed by atoms with Gasteiger partial charge in [-0.25, -0.2) is 0 Å². The van der Waals surface area contributed by atoms with Crippen LogP contribution >= 0.6 is 0 Å². The van der Waals surface area contributed by atoms with Crippen molar-refractivity contribution < 1.29 is 9.47 Å². The second-order valence-corrected chi connectivity index (χ2v) is 4.63. The summed E-state index contributed by atoms with van der Waals surface area (Å²) in [5, 5.41) is 3.53. The van der Waals surface area contributed by atoms with Gasteiger partial charge in [-0.3, -0.25) is 0 Å². The van der Waals surface area contributed by atoms with Gasteiger partial charge in [0.25, 0.3) is 0 Å². The summed E-state index contributed by atoms with van der Waals surface area (Å²) in [5.74, 6) is 0. The Balaban J connectivity index is 1.91. The Kier molecular flexibility index (Phi) is 8.61. The third-order valence-corrected chi connectivity index (χ3v) is 3.28. The van der Waals surface area contributed by atoms with Crippen LogP contribution in [0.25, 0.3) is 0 Å².